The van der Waals surface area contributed by atoms with Gasteiger partial charge in [-0.2, -0.15) is 13.2 Å². The van der Waals surface area contributed by atoms with Crippen molar-refractivity contribution in [2.45, 2.75) is 6.18 Å². The summed E-state index contributed by atoms with van der Waals surface area (Å²) in [4.78, 5) is 41.4. The summed E-state index contributed by atoms with van der Waals surface area (Å²) in [6, 6.07) is 13.2. The van der Waals surface area contributed by atoms with Crippen LogP contribution in [-0.4, -0.2) is 73.5 Å². The first-order valence-corrected chi connectivity index (χ1v) is 13.3. The third-order valence-corrected chi connectivity index (χ3v) is 6.11. The summed E-state index contributed by atoms with van der Waals surface area (Å²) >= 11 is 12.0. The Labute approximate surface area is 253 Å². The van der Waals surface area contributed by atoms with Crippen LogP contribution in [0.1, 0.15) is 20.7 Å². The molecule has 4 rings (SSSR count). The maximum atomic E-state index is 13.3. The Morgan fingerprint density at radius 2 is 1.63 bits per heavy atom. The first-order chi connectivity index (χ1) is 20.4. The minimum Gasteiger partial charge on any atom is -0.491 e. The minimum atomic E-state index is -5.08. The number of nitrogens with two attached hydrogens (primary N) is 1. The molecule has 0 aliphatic carbocycles. The van der Waals surface area contributed by atoms with E-state index in [2.05, 4.69) is 20.5 Å². The topological polar surface area (TPSA) is 156 Å². The number of ether oxygens (including phenoxy) is 2. The van der Waals surface area contributed by atoms with Crippen LogP contribution in [0.4, 0.5) is 30.4 Å². The van der Waals surface area contributed by atoms with Crippen LogP contribution >= 0.6 is 23.2 Å². The number of pyridine rings is 1. The van der Waals surface area contributed by atoms with Crippen molar-refractivity contribution in [3.8, 4) is 5.75 Å². The lowest BCUT2D eigenvalue weighted by molar-refractivity contribution is -0.192. The molecular weight excluding hydrogens is 618 g/mol. The lowest BCUT2D eigenvalue weighted by atomic mass is 10.1. The van der Waals surface area contributed by atoms with Crippen LogP contribution in [0.2, 0.25) is 10.0 Å². The number of carbonyl (C=O) groups is 3. The number of carboxylic acid groups (broad SMARTS) is 1. The summed E-state index contributed by atoms with van der Waals surface area (Å²) in [5, 5.41) is 13.4. The molecule has 0 unspecified atom stereocenters. The molecule has 11 nitrogen and oxygen atoms in total. The van der Waals surface area contributed by atoms with Gasteiger partial charge in [0.15, 0.2) is 0 Å². The van der Waals surface area contributed by atoms with Gasteiger partial charge in [-0.05, 0) is 42.5 Å². The van der Waals surface area contributed by atoms with E-state index < -0.39 is 24.0 Å². The van der Waals surface area contributed by atoms with Gasteiger partial charge >= 0.3 is 12.1 Å². The highest BCUT2D eigenvalue weighted by atomic mass is 35.5. The van der Waals surface area contributed by atoms with E-state index in [-0.39, 0.29) is 17.9 Å². The number of aromatic nitrogens is 1. The van der Waals surface area contributed by atoms with Crippen LogP contribution in [-0.2, 0) is 9.53 Å². The Hall–Kier alpha value is -4.11. The summed E-state index contributed by atoms with van der Waals surface area (Å²) in [5.41, 5.74) is 7.30. The van der Waals surface area contributed by atoms with E-state index in [1.807, 2.05) is 12.1 Å². The van der Waals surface area contributed by atoms with E-state index in [1.54, 1.807) is 30.3 Å². The van der Waals surface area contributed by atoms with Gasteiger partial charge in [0.25, 0.3) is 11.8 Å². The molecule has 2 amide bonds. The fraction of sp³-hybridized carbons (Fsp3) is 0.259. The molecule has 16 heteroatoms. The van der Waals surface area contributed by atoms with E-state index >= 15 is 0 Å². The van der Waals surface area contributed by atoms with Crippen LogP contribution < -0.4 is 26.0 Å². The lowest BCUT2D eigenvalue weighted by Gasteiger charge is -2.29. The van der Waals surface area contributed by atoms with Crippen LogP contribution in [0.3, 0.4) is 0 Å². The van der Waals surface area contributed by atoms with E-state index in [1.165, 1.54) is 12.3 Å². The Kier molecular flexibility index (Phi) is 11.9. The van der Waals surface area contributed by atoms with Crippen molar-refractivity contribution in [2.24, 2.45) is 5.73 Å². The highest BCUT2D eigenvalue weighted by Crippen LogP contribution is 2.29. The quantitative estimate of drug-likeness (QED) is 0.273. The molecule has 0 atom stereocenters. The summed E-state index contributed by atoms with van der Waals surface area (Å²) in [6.45, 7) is 3.29. The highest BCUT2D eigenvalue weighted by Gasteiger charge is 2.38. The number of benzene rings is 2. The molecule has 230 valence electrons. The molecule has 3 aromatic rings. The number of halogens is 5. The summed E-state index contributed by atoms with van der Waals surface area (Å²) in [6.07, 6.45) is -3.67. The van der Waals surface area contributed by atoms with Crippen molar-refractivity contribution in [3.05, 3.63) is 75.9 Å². The number of carbonyl (C=O) groups excluding carboxylic acids is 2. The van der Waals surface area contributed by atoms with Gasteiger partial charge in [0.2, 0.25) is 0 Å². The second-order valence-electron chi connectivity index (χ2n) is 8.68. The zero-order valence-corrected chi connectivity index (χ0v) is 23.8. The van der Waals surface area contributed by atoms with Crippen molar-refractivity contribution >= 4 is 58.2 Å². The molecule has 0 bridgehead atoms. The molecule has 2 heterocycles. The molecule has 5 N–H and O–H groups in total. The zero-order chi connectivity index (χ0) is 31.6. The lowest BCUT2D eigenvalue weighted by Crippen LogP contribution is -2.36. The number of anilines is 3. The fourth-order valence-electron chi connectivity index (χ4n) is 3.64. The smallest absolute Gasteiger partial charge is 0.490 e. The SMILES string of the molecule is NCCOc1cc(N2CCOCC2)ccc1C(=O)Nc1ccc(Cl)cc1C(=O)Nc1ccc(Cl)cn1.O=C(O)C(F)(F)F. The first kappa shape index (κ1) is 33.4. The molecule has 43 heavy (non-hydrogen) atoms. The number of amides is 2. The molecular formula is C27H26Cl2F3N5O6. The molecule has 1 saturated heterocycles. The average Bonchev–Trinajstić information content (AvgIpc) is 2.98. The molecule has 1 aliphatic rings. The van der Waals surface area contributed by atoms with Crippen molar-refractivity contribution in [1.82, 2.24) is 4.98 Å². The number of aliphatic carboxylic acids is 1. The predicted molar refractivity (Wildman–Crippen MR) is 154 cm³/mol. The number of hydrogen-bond donors (Lipinski definition) is 4. The van der Waals surface area contributed by atoms with E-state index in [0.717, 1.165) is 18.8 Å². The van der Waals surface area contributed by atoms with Crippen LogP contribution in [0.5, 0.6) is 5.75 Å². The molecule has 0 spiro atoms. The molecule has 1 aromatic heterocycles. The Balaban J connectivity index is 0.000000646. The van der Waals surface area contributed by atoms with Crippen molar-refractivity contribution < 1.29 is 42.1 Å². The normalized spacial score (nSPS) is 12.9. The maximum Gasteiger partial charge on any atom is 0.490 e. The van der Waals surface area contributed by atoms with Gasteiger partial charge in [0.05, 0.1) is 35.1 Å². The number of alkyl halides is 3. The van der Waals surface area contributed by atoms with Gasteiger partial charge in [-0.3, -0.25) is 9.59 Å². The van der Waals surface area contributed by atoms with Gasteiger partial charge in [-0.15, -0.1) is 0 Å². The van der Waals surface area contributed by atoms with Gasteiger partial charge in [-0.25, -0.2) is 9.78 Å². The highest BCUT2D eigenvalue weighted by molar-refractivity contribution is 6.31. The van der Waals surface area contributed by atoms with Gasteiger partial charge < -0.3 is 35.8 Å². The van der Waals surface area contributed by atoms with Crippen LogP contribution in [0.25, 0.3) is 0 Å². The van der Waals surface area contributed by atoms with Crippen LogP contribution in [0.15, 0.2) is 54.7 Å². The van der Waals surface area contributed by atoms with Crippen molar-refractivity contribution in [3.63, 3.8) is 0 Å². The second kappa shape index (κ2) is 15.4. The second-order valence-corrected chi connectivity index (χ2v) is 9.55. The molecule has 0 radical (unpaired) electrons. The Bertz CT molecular complexity index is 1440. The predicted octanol–water partition coefficient (Wildman–Crippen LogP) is 4.70. The number of nitrogens with one attached hydrogen (secondary N) is 2. The molecule has 1 fully saturated rings. The van der Waals surface area contributed by atoms with Gasteiger partial charge in [0.1, 0.15) is 18.2 Å². The summed E-state index contributed by atoms with van der Waals surface area (Å²) in [7, 11) is 0. The fourth-order valence-corrected chi connectivity index (χ4v) is 3.93. The number of morpholine rings is 1. The number of carboxylic acids is 1. The standard InChI is InChI=1S/C25H25Cl2N5O4.C2HF3O2/c26-16-1-5-21(20(13-16)25(34)31-23-6-2-17(27)15-29-23)30-24(33)19-4-3-18(14-22(19)36-10-7-28)32-8-11-35-12-9-32;3-2(4,5)1(6)7/h1-6,13-15H,7-12,28H2,(H,30,33)(H,29,31,34);(H,6,7). The monoisotopic (exact) mass is 643 g/mol. The first-order valence-electron chi connectivity index (χ1n) is 12.5. The number of rotatable bonds is 8. The van der Waals surface area contributed by atoms with Gasteiger partial charge in [0, 0.05) is 42.6 Å². The largest absolute Gasteiger partial charge is 0.491 e. The average molecular weight is 644 g/mol. The number of nitrogens with zero attached hydrogens (tertiary/aromatic N) is 2. The van der Waals surface area contributed by atoms with E-state index in [0.29, 0.717) is 46.9 Å². The summed E-state index contributed by atoms with van der Waals surface area (Å²) in [5.74, 6) is -3.00. The van der Waals surface area contributed by atoms with Crippen molar-refractivity contribution in [1.29, 1.82) is 0 Å². The summed E-state index contributed by atoms with van der Waals surface area (Å²) < 4.78 is 43.0. The van der Waals surface area contributed by atoms with Crippen molar-refractivity contribution in [2.75, 3.05) is 55.0 Å². The van der Waals surface area contributed by atoms with Gasteiger partial charge in [-0.1, -0.05) is 23.2 Å². The van der Waals surface area contributed by atoms with E-state index in [9.17, 15) is 22.8 Å². The Morgan fingerprint density at radius 3 is 2.23 bits per heavy atom. The molecule has 0 saturated carbocycles. The van der Waals surface area contributed by atoms with Crippen LogP contribution in [0, 0.1) is 0 Å². The third-order valence-electron chi connectivity index (χ3n) is 5.65. The molecule has 2 aromatic carbocycles. The Morgan fingerprint density at radius 1 is 0.977 bits per heavy atom. The minimum absolute atomic E-state index is 0.168. The maximum absolute atomic E-state index is 13.3. The number of hydrogen-bond acceptors (Lipinski definition) is 8. The molecule has 1 aliphatic heterocycles. The zero-order valence-electron chi connectivity index (χ0n) is 22.3. The third kappa shape index (κ3) is 9.99. The van der Waals surface area contributed by atoms with E-state index in [4.69, 9.17) is 48.3 Å².